The molecule has 0 bridgehead atoms. The Hall–Kier alpha value is -4.85. The SMILES string of the molecule is CCN=C(N)N(C(=O)c1ccc(-c2cnn(C(F)F)c2)cc1)[C@H](COC(=O)N1CCC1C)c1ccc(Cl)c(-c2ncn[nH]2)c1. The average Bonchev–Trinajstić information content (AvgIpc) is 3.72. The molecule has 1 unspecified atom stereocenters. The minimum Gasteiger partial charge on any atom is -0.447 e. The number of aliphatic imine (C=N–C) groups is 1. The average molecular weight is 626 g/mol. The lowest BCUT2D eigenvalue weighted by Crippen LogP contribution is -2.51. The standard InChI is InChI=1S/C29H30ClF2N9O3/c1-3-34-28(33)41(26(42)19-6-4-18(5-7-19)21-13-37-40(14-21)27(31)32)24(15-44-29(43)39-11-10-17(39)2)20-8-9-23(30)22(12-20)25-35-16-36-38-25/h4-9,12-14,16-17,24,27H,3,10-11,15H2,1-2H3,(H2,33,34)(H,35,36,38)/t17?,24-/m1/s1. The zero-order chi connectivity index (χ0) is 31.4. The highest BCUT2D eigenvalue weighted by Gasteiger charge is 2.34. The van der Waals surface area contributed by atoms with Crippen LogP contribution >= 0.6 is 11.6 Å². The molecule has 2 aromatic carbocycles. The van der Waals surface area contributed by atoms with E-state index in [1.807, 2.05) is 6.92 Å². The lowest BCUT2D eigenvalue weighted by Gasteiger charge is -2.38. The summed E-state index contributed by atoms with van der Waals surface area (Å²) in [4.78, 5) is 38.4. The number of nitrogens with zero attached hydrogens (tertiary/aromatic N) is 7. The monoisotopic (exact) mass is 625 g/mol. The second-order valence-corrected chi connectivity index (χ2v) is 10.5. The van der Waals surface area contributed by atoms with Crippen LogP contribution in [-0.2, 0) is 4.74 Å². The van der Waals surface area contributed by atoms with Crippen molar-refractivity contribution < 1.29 is 23.1 Å². The summed E-state index contributed by atoms with van der Waals surface area (Å²) in [5.41, 5.74) is 8.75. The lowest BCUT2D eigenvalue weighted by molar-refractivity contribution is 0.0382. The van der Waals surface area contributed by atoms with Gasteiger partial charge in [0.2, 0.25) is 0 Å². The number of hydrogen-bond donors (Lipinski definition) is 2. The van der Waals surface area contributed by atoms with E-state index in [4.69, 9.17) is 22.1 Å². The van der Waals surface area contributed by atoms with Crippen molar-refractivity contribution in [3.8, 4) is 22.5 Å². The summed E-state index contributed by atoms with van der Waals surface area (Å²) in [6.45, 7) is 1.54. The number of halogens is 3. The number of carbonyl (C=O) groups excluding carboxylic acids is 2. The number of hydrogen-bond acceptors (Lipinski definition) is 7. The first-order valence-electron chi connectivity index (χ1n) is 13.8. The molecule has 3 N–H and O–H groups in total. The summed E-state index contributed by atoms with van der Waals surface area (Å²) in [7, 11) is 0. The second kappa shape index (κ2) is 13.2. The molecular formula is C29H30ClF2N9O3. The maximum absolute atomic E-state index is 14.1. The Morgan fingerprint density at radius 3 is 2.59 bits per heavy atom. The molecule has 4 aromatic rings. The summed E-state index contributed by atoms with van der Waals surface area (Å²) >= 11 is 6.48. The summed E-state index contributed by atoms with van der Waals surface area (Å²) < 4.78 is 32.3. The number of nitrogens with one attached hydrogen (secondary N) is 1. The van der Waals surface area contributed by atoms with Gasteiger partial charge in [0.1, 0.15) is 12.9 Å². The number of H-pyrrole nitrogens is 1. The van der Waals surface area contributed by atoms with Crippen LogP contribution in [0, 0.1) is 0 Å². The molecule has 2 aromatic heterocycles. The largest absolute Gasteiger partial charge is 0.447 e. The first kappa shape index (κ1) is 30.6. The van der Waals surface area contributed by atoms with Crippen molar-refractivity contribution in [2.24, 2.45) is 10.7 Å². The molecule has 1 fully saturated rings. The quantitative estimate of drug-likeness (QED) is 0.193. The van der Waals surface area contributed by atoms with Gasteiger partial charge in [-0.3, -0.25) is 19.8 Å². The molecule has 0 saturated carbocycles. The Kier molecular flexibility index (Phi) is 9.18. The number of likely N-dealkylation sites (tertiary alicyclic amines) is 1. The topological polar surface area (TPSA) is 148 Å². The number of aromatic nitrogens is 5. The van der Waals surface area contributed by atoms with Crippen molar-refractivity contribution in [2.45, 2.75) is 38.9 Å². The first-order chi connectivity index (χ1) is 21.2. The third-order valence-corrected chi connectivity index (χ3v) is 7.66. The maximum Gasteiger partial charge on any atom is 0.410 e. The van der Waals surface area contributed by atoms with Crippen molar-refractivity contribution in [3.63, 3.8) is 0 Å². The molecule has 44 heavy (non-hydrogen) atoms. The molecule has 230 valence electrons. The van der Waals surface area contributed by atoms with Gasteiger partial charge in [-0.1, -0.05) is 29.8 Å². The van der Waals surface area contributed by atoms with Gasteiger partial charge in [-0.05, 0) is 55.7 Å². The number of rotatable bonds is 9. The number of guanidine groups is 1. The number of nitrogens with two attached hydrogens (primary N) is 1. The molecule has 2 amide bonds. The van der Waals surface area contributed by atoms with Crippen LogP contribution in [0.1, 0.15) is 48.8 Å². The minimum atomic E-state index is -2.77. The van der Waals surface area contributed by atoms with E-state index < -0.39 is 24.6 Å². The van der Waals surface area contributed by atoms with Gasteiger partial charge < -0.3 is 15.4 Å². The fourth-order valence-electron chi connectivity index (χ4n) is 4.79. The van der Waals surface area contributed by atoms with Gasteiger partial charge in [0, 0.05) is 42.0 Å². The van der Waals surface area contributed by atoms with Gasteiger partial charge in [0.25, 0.3) is 5.91 Å². The number of benzene rings is 2. The third kappa shape index (κ3) is 6.39. The van der Waals surface area contributed by atoms with E-state index in [1.165, 1.54) is 23.6 Å². The number of alkyl halides is 2. The van der Waals surface area contributed by atoms with E-state index in [0.29, 0.717) is 44.3 Å². The van der Waals surface area contributed by atoms with E-state index in [0.717, 1.165) is 6.42 Å². The molecule has 0 radical (unpaired) electrons. The second-order valence-electron chi connectivity index (χ2n) is 10.1. The van der Waals surface area contributed by atoms with Crippen molar-refractivity contribution in [1.82, 2.24) is 34.8 Å². The molecule has 1 saturated heterocycles. The van der Waals surface area contributed by atoms with E-state index in [2.05, 4.69) is 25.3 Å². The number of ether oxygens (including phenoxy) is 1. The first-order valence-corrected chi connectivity index (χ1v) is 14.2. The highest BCUT2D eigenvalue weighted by atomic mass is 35.5. The third-order valence-electron chi connectivity index (χ3n) is 7.33. The fourth-order valence-corrected chi connectivity index (χ4v) is 5.00. The predicted octanol–water partition coefficient (Wildman–Crippen LogP) is 5.13. The van der Waals surface area contributed by atoms with Gasteiger partial charge in [-0.15, -0.1) is 0 Å². The molecule has 5 rings (SSSR count). The van der Waals surface area contributed by atoms with Crippen LogP contribution in [-0.4, -0.2) is 78.5 Å². The zero-order valence-electron chi connectivity index (χ0n) is 23.9. The van der Waals surface area contributed by atoms with E-state index in [1.54, 1.807) is 54.3 Å². The van der Waals surface area contributed by atoms with Gasteiger partial charge in [-0.25, -0.2) is 14.5 Å². The Morgan fingerprint density at radius 2 is 2.00 bits per heavy atom. The molecule has 12 nitrogen and oxygen atoms in total. The summed E-state index contributed by atoms with van der Waals surface area (Å²) in [6.07, 6.45) is 4.24. The molecule has 0 aliphatic carbocycles. The van der Waals surface area contributed by atoms with Gasteiger partial charge in [0.05, 0.1) is 17.3 Å². The van der Waals surface area contributed by atoms with Crippen LogP contribution in [0.2, 0.25) is 5.02 Å². The minimum absolute atomic E-state index is 0.0466. The van der Waals surface area contributed by atoms with E-state index in [9.17, 15) is 18.4 Å². The van der Waals surface area contributed by atoms with Crippen LogP contribution in [0.4, 0.5) is 13.6 Å². The smallest absolute Gasteiger partial charge is 0.410 e. The molecule has 1 aliphatic rings. The van der Waals surface area contributed by atoms with Gasteiger partial charge in [-0.2, -0.15) is 19.0 Å². The predicted molar refractivity (Wildman–Crippen MR) is 159 cm³/mol. The molecular weight excluding hydrogens is 596 g/mol. The van der Waals surface area contributed by atoms with Crippen molar-refractivity contribution >= 4 is 29.6 Å². The molecule has 2 atom stereocenters. The fraction of sp³-hybridized carbons (Fsp3) is 0.310. The molecule has 3 heterocycles. The summed E-state index contributed by atoms with van der Waals surface area (Å²) in [5.74, 6) is -0.209. The van der Waals surface area contributed by atoms with Crippen LogP contribution in [0.3, 0.4) is 0 Å². The highest BCUT2D eigenvalue weighted by Crippen LogP contribution is 2.32. The number of aromatic amines is 1. The van der Waals surface area contributed by atoms with E-state index in [-0.39, 0.29) is 30.7 Å². The summed E-state index contributed by atoms with van der Waals surface area (Å²) in [5, 5.41) is 10.7. The Labute approximate surface area is 256 Å². The molecule has 0 spiro atoms. The molecule has 1 aliphatic heterocycles. The zero-order valence-corrected chi connectivity index (χ0v) is 24.7. The highest BCUT2D eigenvalue weighted by molar-refractivity contribution is 6.33. The van der Waals surface area contributed by atoms with Crippen LogP contribution < -0.4 is 5.73 Å². The number of amides is 2. The Bertz CT molecular complexity index is 1640. The van der Waals surface area contributed by atoms with Crippen LogP contribution in [0.5, 0.6) is 0 Å². The maximum atomic E-state index is 14.1. The van der Waals surface area contributed by atoms with Crippen molar-refractivity contribution in [1.29, 1.82) is 0 Å². The molecule has 15 heteroatoms. The number of carbonyl (C=O) groups is 2. The Morgan fingerprint density at radius 1 is 1.23 bits per heavy atom. The van der Waals surface area contributed by atoms with Gasteiger partial charge in [0.15, 0.2) is 11.8 Å². The van der Waals surface area contributed by atoms with Crippen LogP contribution in [0.15, 0.2) is 66.2 Å². The lowest BCUT2D eigenvalue weighted by atomic mass is 10.0. The Balaban J connectivity index is 1.52. The normalized spacial score (nSPS) is 15.6. The van der Waals surface area contributed by atoms with E-state index >= 15 is 0 Å². The summed E-state index contributed by atoms with van der Waals surface area (Å²) in [6, 6.07) is 10.5. The van der Waals surface area contributed by atoms with Crippen molar-refractivity contribution in [2.75, 3.05) is 19.7 Å². The van der Waals surface area contributed by atoms with Gasteiger partial charge >= 0.3 is 12.6 Å². The van der Waals surface area contributed by atoms with Crippen molar-refractivity contribution in [3.05, 3.63) is 77.3 Å². The van der Waals surface area contributed by atoms with Crippen LogP contribution in [0.25, 0.3) is 22.5 Å².